The Hall–Kier alpha value is -3.69. The molecule has 0 radical (unpaired) electrons. The van der Waals surface area contributed by atoms with Crippen molar-refractivity contribution in [2.75, 3.05) is 12.4 Å². The molecular formula is C14H12N4O6. The fraction of sp³-hybridized carbons (Fsp3) is 0.0714. The number of nitro groups is 2. The maximum atomic E-state index is 11.2. The van der Waals surface area contributed by atoms with E-state index in [1.807, 2.05) is 0 Å². The van der Waals surface area contributed by atoms with Crippen LogP contribution in [-0.2, 0) is 0 Å². The molecule has 0 atom stereocenters. The fourth-order valence-electron chi connectivity index (χ4n) is 1.78. The van der Waals surface area contributed by atoms with E-state index >= 15 is 0 Å². The molecule has 124 valence electrons. The minimum atomic E-state index is -0.760. The summed E-state index contributed by atoms with van der Waals surface area (Å²) in [7, 11) is 1.47. The lowest BCUT2D eigenvalue weighted by Crippen LogP contribution is -2.24. The van der Waals surface area contributed by atoms with Gasteiger partial charge in [-0.2, -0.15) is 0 Å². The van der Waals surface area contributed by atoms with E-state index in [1.165, 1.54) is 19.2 Å². The number of carbonyl (C=O) groups is 1. The zero-order valence-corrected chi connectivity index (χ0v) is 12.4. The number of anilines is 1. The predicted octanol–water partition coefficient (Wildman–Crippen LogP) is 3.05. The van der Waals surface area contributed by atoms with E-state index in [0.29, 0.717) is 5.69 Å². The minimum Gasteiger partial charge on any atom is -0.450 e. The van der Waals surface area contributed by atoms with Crippen LogP contribution in [0.3, 0.4) is 0 Å². The highest BCUT2D eigenvalue weighted by Crippen LogP contribution is 2.34. The zero-order chi connectivity index (χ0) is 17.7. The number of non-ortho nitro benzene ring substituents is 1. The van der Waals surface area contributed by atoms with Crippen LogP contribution in [0.1, 0.15) is 0 Å². The molecule has 0 spiro atoms. The molecule has 2 aromatic rings. The maximum absolute atomic E-state index is 11.2. The van der Waals surface area contributed by atoms with Crippen molar-refractivity contribution in [1.29, 1.82) is 0 Å². The average molecular weight is 332 g/mol. The lowest BCUT2D eigenvalue weighted by Gasteiger charge is -2.08. The molecule has 0 aliphatic heterocycles. The Labute approximate surface area is 135 Å². The van der Waals surface area contributed by atoms with Crippen LogP contribution in [-0.4, -0.2) is 22.9 Å². The van der Waals surface area contributed by atoms with Crippen LogP contribution in [0, 0.1) is 20.2 Å². The number of urea groups is 1. The maximum Gasteiger partial charge on any atom is 0.318 e. The van der Waals surface area contributed by atoms with E-state index < -0.39 is 27.3 Å². The van der Waals surface area contributed by atoms with Crippen molar-refractivity contribution >= 4 is 23.1 Å². The van der Waals surface area contributed by atoms with Crippen molar-refractivity contribution < 1.29 is 19.4 Å². The Morgan fingerprint density at radius 2 is 1.71 bits per heavy atom. The predicted molar refractivity (Wildman–Crippen MR) is 84.3 cm³/mol. The molecule has 2 N–H and O–H groups in total. The quantitative estimate of drug-likeness (QED) is 0.637. The standard InChI is InChI=1S/C14H12N4O6/c1-15-14(19)16-9-2-5-11(6-3-9)24-13-7-4-10(17(20)21)8-12(13)18(22)23/h2-8H,1H3,(H2,15,16,19). The second-order valence-corrected chi connectivity index (χ2v) is 4.50. The minimum absolute atomic E-state index is 0.127. The van der Waals surface area contributed by atoms with Crippen LogP contribution in [0.15, 0.2) is 42.5 Å². The summed E-state index contributed by atoms with van der Waals surface area (Å²) in [4.78, 5) is 31.4. The highest BCUT2D eigenvalue weighted by molar-refractivity contribution is 5.89. The van der Waals surface area contributed by atoms with Crippen LogP contribution in [0.25, 0.3) is 0 Å². The second kappa shape index (κ2) is 7.05. The van der Waals surface area contributed by atoms with Gasteiger partial charge in [0.2, 0.25) is 5.75 Å². The molecule has 0 heterocycles. The summed E-state index contributed by atoms with van der Waals surface area (Å²) >= 11 is 0. The number of nitro benzene ring substituents is 2. The van der Waals surface area contributed by atoms with Gasteiger partial charge in [0.15, 0.2) is 0 Å². The number of benzene rings is 2. The van der Waals surface area contributed by atoms with Crippen molar-refractivity contribution in [3.05, 3.63) is 62.7 Å². The third kappa shape index (κ3) is 3.94. The molecule has 0 aliphatic rings. The first-order valence-electron chi connectivity index (χ1n) is 6.60. The number of carbonyl (C=O) groups excluding carboxylic acids is 1. The third-order valence-corrected chi connectivity index (χ3v) is 2.92. The topological polar surface area (TPSA) is 137 Å². The van der Waals surface area contributed by atoms with Crippen molar-refractivity contribution in [3.8, 4) is 11.5 Å². The van der Waals surface area contributed by atoms with Gasteiger partial charge in [-0.05, 0) is 30.3 Å². The normalized spacial score (nSPS) is 9.88. The first-order chi connectivity index (χ1) is 11.4. The molecule has 0 unspecified atom stereocenters. The van der Waals surface area contributed by atoms with E-state index in [2.05, 4.69) is 10.6 Å². The monoisotopic (exact) mass is 332 g/mol. The van der Waals surface area contributed by atoms with Crippen molar-refractivity contribution in [2.45, 2.75) is 0 Å². The summed E-state index contributed by atoms with van der Waals surface area (Å²) in [5, 5.41) is 26.7. The summed E-state index contributed by atoms with van der Waals surface area (Å²) < 4.78 is 5.40. The average Bonchev–Trinajstić information content (AvgIpc) is 2.56. The smallest absolute Gasteiger partial charge is 0.318 e. The van der Waals surface area contributed by atoms with Gasteiger partial charge in [-0.1, -0.05) is 0 Å². The van der Waals surface area contributed by atoms with Gasteiger partial charge in [0.05, 0.1) is 15.9 Å². The molecule has 10 nitrogen and oxygen atoms in total. The molecule has 0 aromatic heterocycles. The molecule has 24 heavy (non-hydrogen) atoms. The summed E-state index contributed by atoms with van der Waals surface area (Å²) in [5.74, 6) is 0.145. The van der Waals surface area contributed by atoms with Crippen LogP contribution in [0.2, 0.25) is 0 Å². The van der Waals surface area contributed by atoms with Gasteiger partial charge in [-0.25, -0.2) is 4.79 Å². The van der Waals surface area contributed by atoms with Crippen molar-refractivity contribution in [1.82, 2.24) is 5.32 Å². The van der Waals surface area contributed by atoms with E-state index in [9.17, 15) is 25.0 Å². The SMILES string of the molecule is CNC(=O)Nc1ccc(Oc2ccc([N+](=O)[O-])cc2[N+](=O)[O-])cc1. The fourth-order valence-corrected chi connectivity index (χ4v) is 1.78. The number of hydrogen-bond donors (Lipinski definition) is 2. The van der Waals surface area contributed by atoms with Crippen LogP contribution < -0.4 is 15.4 Å². The molecule has 10 heteroatoms. The molecule has 0 saturated heterocycles. The van der Waals surface area contributed by atoms with Gasteiger partial charge in [-0.15, -0.1) is 0 Å². The molecule has 0 fully saturated rings. The Morgan fingerprint density at radius 1 is 1.04 bits per heavy atom. The summed E-state index contributed by atoms with van der Waals surface area (Å²) in [6.45, 7) is 0. The molecule has 0 bridgehead atoms. The van der Waals surface area contributed by atoms with Gasteiger partial charge in [0.1, 0.15) is 5.75 Å². The van der Waals surface area contributed by atoms with Crippen LogP contribution >= 0.6 is 0 Å². The Morgan fingerprint density at radius 3 is 2.25 bits per heavy atom. The van der Waals surface area contributed by atoms with E-state index in [1.54, 1.807) is 12.1 Å². The molecule has 2 rings (SSSR count). The number of hydrogen-bond acceptors (Lipinski definition) is 6. The van der Waals surface area contributed by atoms with Crippen LogP contribution in [0.5, 0.6) is 11.5 Å². The van der Waals surface area contributed by atoms with Crippen molar-refractivity contribution in [2.24, 2.45) is 0 Å². The molecule has 0 aliphatic carbocycles. The van der Waals surface area contributed by atoms with E-state index in [0.717, 1.165) is 18.2 Å². The van der Waals surface area contributed by atoms with Gasteiger partial charge >= 0.3 is 11.7 Å². The van der Waals surface area contributed by atoms with E-state index in [-0.39, 0.29) is 11.5 Å². The van der Waals surface area contributed by atoms with Gasteiger partial charge in [0.25, 0.3) is 5.69 Å². The Kier molecular flexibility index (Phi) is 4.90. The number of nitrogens with zero attached hydrogens (tertiary/aromatic N) is 2. The first-order valence-corrected chi connectivity index (χ1v) is 6.60. The number of rotatable bonds is 5. The number of ether oxygens (including phenoxy) is 1. The Balaban J connectivity index is 2.23. The lowest BCUT2D eigenvalue weighted by atomic mass is 10.2. The van der Waals surface area contributed by atoms with Gasteiger partial charge in [0, 0.05) is 18.8 Å². The highest BCUT2D eigenvalue weighted by atomic mass is 16.6. The van der Waals surface area contributed by atoms with Gasteiger partial charge < -0.3 is 15.4 Å². The molecular weight excluding hydrogens is 320 g/mol. The zero-order valence-electron chi connectivity index (χ0n) is 12.4. The summed E-state index contributed by atoms with van der Waals surface area (Å²) in [6.07, 6.45) is 0. The number of nitrogens with one attached hydrogen (secondary N) is 2. The summed E-state index contributed by atoms with van der Waals surface area (Å²) in [6, 6.07) is 8.79. The summed E-state index contributed by atoms with van der Waals surface area (Å²) in [5.41, 5.74) is -0.421. The van der Waals surface area contributed by atoms with E-state index in [4.69, 9.17) is 4.74 Å². The molecule has 0 saturated carbocycles. The Bertz CT molecular complexity index is 790. The third-order valence-electron chi connectivity index (χ3n) is 2.92. The van der Waals surface area contributed by atoms with Crippen LogP contribution in [0.4, 0.5) is 21.9 Å². The van der Waals surface area contributed by atoms with Crippen molar-refractivity contribution in [3.63, 3.8) is 0 Å². The largest absolute Gasteiger partial charge is 0.450 e. The second-order valence-electron chi connectivity index (χ2n) is 4.50. The molecule has 2 aromatic carbocycles. The molecule has 2 amide bonds. The first kappa shape index (κ1) is 16.7. The van der Waals surface area contributed by atoms with Gasteiger partial charge in [-0.3, -0.25) is 20.2 Å². The lowest BCUT2D eigenvalue weighted by molar-refractivity contribution is -0.394. The number of amides is 2. The highest BCUT2D eigenvalue weighted by Gasteiger charge is 2.21.